The van der Waals surface area contributed by atoms with Gasteiger partial charge in [-0.15, -0.1) is 0 Å². The molecule has 3 heteroatoms. The summed E-state index contributed by atoms with van der Waals surface area (Å²) in [5.74, 6) is 2.75. The summed E-state index contributed by atoms with van der Waals surface area (Å²) >= 11 is 0. The Balaban J connectivity index is 3.99. The van der Waals surface area contributed by atoms with E-state index in [9.17, 15) is 4.79 Å². The van der Waals surface area contributed by atoms with Crippen molar-refractivity contribution in [3.05, 3.63) is 6.08 Å². The van der Waals surface area contributed by atoms with E-state index in [1.165, 1.54) is 0 Å². The maximum atomic E-state index is 11.0. The Hall–Kier alpha value is -1.21. The summed E-state index contributed by atoms with van der Waals surface area (Å²) in [5, 5.41) is 0. The average Bonchev–Trinajstić information content (AvgIpc) is 2.10. The minimum absolute atomic E-state index is 0.146. The molecule has 0 aliphatic rings. The SMILES string of the molecule is CCC(=O)C(C)N=CC=C=NC. The number of hydrogen-bond acceptors (Lipinski definition) is 3. The Morgan fingerprint density at radius 2 is 2.33 bits per heavy atom. The summed E-state index contributed by atoms with van der Waals surface area (Å²) in [6.45, 7) is 3.61. The molecule has 1 unspecified atom stereocenters. The molecule has 0 radical (unpaired) electrons. The molecule has 0 aliphatic carbocycles. The van der Waals surface area contributed by atoms with Crippen LogP contribution in [0.5, 0.6) is 0 Å². The molecule has 0 bridgehead atoms. The van der Waals surface area contributed by atoms with E-state index in [-0.39, 0.29) is 11.8 Å². The van der Waals surface area contributed by atoms with Gasteiger partial charge in [0.15, 0.2) is 5.78 Å². The van der Waals surface area contributed by atoms with Gasteiger partial charge in [0.1, 0.15) is 6.04 Å². The highest BCUT2D eigenvalue weighted by molar-refractivity contribution is 5.88. The van der Waals surface area contributed by atoms with Gasteiger partial charge < -0.3 is 0 Å². The van der Waals surface area contributed by atoms with Crippen molar-refractivity contribution in [2.45, 2.75) is 26.3 Å². The van der Waals surface area contributed by atoms with Gasteiger partial charge in [0, 0.05) is 25.8 Å². The molecule has 0 aliphatic heterocycles. The number of aliphatic imine (C=N–C) groups is 2. The first-order valence-corrected chi connectivity index (χ1v) is 3.94. The van der Waals surface area contributed by atoms with E-state index in [1.54, 1.807) is 26.3 Å². The summed E-state index contributed by atoms with van der Waals surface area (Å²) in [6.07, 6.45) is 3.66. The maximum Gasteiger partial charge on any atom is 0.156 e. The summed E-state index contributed by atoms with van der Waals surface area (Å²) in [4.78, 5) is 18.6. The van der Waals surface area contributed by atoms with Crippen molar-refractivity contribution in [2.24, 2.45) is 9.98 Å². The lowest BCUT2D eigenvalue weighted by Gasteiger charge is -1.99. The van der Waals surface area contributed by atoms with E-state index in [1.807, 2.05) is 6.92 Å². The van der Waals surface area contributed by atoms with E-state index < -0.39 is 0 Å². The fraction of sp³-hybridized carbons (Fsp3) is 0.556. The van der Waals surface area contributed by atoms with Crippen LogP contribution in [-0.4, -0.2) is 31.0 Å². The average molecular weight is 166 g/mol. The second-order valence-corrected chi connectivity index (χ2v) is 2.31. The lowest BCUT2D eigenvalue weighted by molar-refractivity contribution is -0.119. The van der Waals surface area contributed by atoms with Gasteiger partial charge in [0.2, 0.25) is 0 Å². The van der Waals surface area contributed by atoms with Gasteiger partial charge in [0.05, 0.1) is 0 Å². The third-order valence-electron chi connectivity index (χ3n) is 1.40. The van der Waals surface area contributed by atoms with Crippen LogP contribution in [0, 0.1) is 0 Å². The van der Waals surface area contributed by atoms with Gasteiger partial charge in [-0.25, -0.2) is 4.99 Å². The number of rotatable bonds is 4. The topological polar surface area (TPSA) is 41.8 Å². The van der Waals surface area contributed by atoms with Crippen LogP contribution in [-0.2, 0) is 4.79 Å². The Morgan fingerprint density at radius 3 is 2.83 bits per heavy atom. The van der Waals surface area contributed by atoms with Gasteiger partial charge in [-0.1, -0.05) is 6.92 Å². The van der Waals surface area contributed by atoms with Crippen LogP contribution < -0.4 is 0 Å². The molecule has 0 aromatic rings. The quantitative estimate of drug-likeness (QED) is 0.580. The minimum Gasteiger partial charge on any atom is -0.297 e. The minimum atomic E-state index is -0.245. The summed E-state index contributed by atoms with van der Waals surface area (Å²) in [5.41, 5.74) is 0. The first-order valence-electron chi connectivity index (χ1n) is 3.94. The molecule has 0 rings (SSSR count). The van der Waals surface area contributed by atoms with Crippen molar-refractivity contribution in [3.8, 4) is 0 Å². The largest absolute Gasteiger partial charge is 0.297 e. The lowest BCUT2D eigenvalue weighted by Crippen LogP contribution is -2.12. The highest BCUT2D eigenvalue weighted by Gasteiger charge is 2.05. The molecule has 66 valence electrons. The fourth-order valence-corrected chi connectivity index (χ4v) is 0.659. The van der Waals surface area contributed by atoms with Crippen LogP contribution in [0.25, 0.3) is 0 Å². The van der Waals surface area contributed by atoms with E-state index in [4.69, 9.17) is 0 Å². The van der Waals surface area contributed by atoms with Gasteiger partial charge in [-0.05, 0) is 12.8 Å². The molecule has 0 fully saturated rings. The van der Waals surface area contributed by atoms with Crippen molar-refractivity contribution in [1.29, 1.82) is 0 Å². The Kier molecular flexibility index (Phi) is 5.84. The number of nitrogens with zero attached hydrogens (tertiary/aromatic N) is 2. The maximum absolute atomic E-state index is 11.0. The Morgan fingerprint density at radius 1 is 1.67 bits per heavy atom. The number of Topliss-reactive ketones (excluding diaryl/α,β-unsaturated/α-hetero) is 1. The van der Waals surface area contributed by atoms with E-state index in [2.05, 4.69) is 15.9 Å². The number of carbonyl (C=O) groups is 1. The molecule has 0 amide bonds. The molecule has 3 nitrogen and oxygen atoms in total. The summed E-state index contributed by atoms with van der Waals surface area (Å²) < 4.78 is 0. The predicted molar refractivity (Wildman–Crippen MR) is 51.2 cm³/mol. The highest BCUT2D eigenvalue weighted by atomic mass is 16.1. The normalized spacial score (nSPS) is 12.2. The Bertz CT molecular complexity index is 225. The van der Waals surface area contributed by atoms with E-state index in [0.29, 0.717) is 6.42 Å². The van der Waals surface area contributed by atoms with E-state index in [0.717, 1.165) is 0 Å². The van der Waals surface area contributed by atoms with Crippen molar-refractivity contribution >= 4 is 17.9 Å². The van der Waals surface area contributed by atoms with Crippen LogP contribution >= 0.6 is 0 Å². The van der Waals surface area contributed by atoms with Crippen molar-refractivity contribution in [1.82, 2.24) is 0 Å². The number of allylic oxidation sites excluding steroid dienone is 1. The van der Waals surface area contributed by atoms with Gasteiger partial charge in [-0.2, -0.15) is 0 Å². The van der Waals surface area contributed by atoms with Crippen LogP contribution in [0.4, 0.5) is 0 Å². The zero-order valence-electron chi connectivity index (χ0n) is 7.74. The number of hydrogen-bond donors (Lipinski definition) is 0. The third kappa shape index (κ3) is 4.58. The smallest absolute Gasteiger partial charge is 0.156 e. The molecule has 0 aromatic carbocycles. The molecule has 0 saturated heterocycles. The second-order valence-electron chi connectivity index (χ2n) is 2.31. The lowest BCUT2D eigenvalue weighted by atomic mass is 10.2. The summed E-state index contributed by atoms with van der Waals surface area (Å²) in [7, 11) is 1.63. The zero-order valence-corrected chi connectivity index (χ0v) is 7.74. The first kappa shape index (κ1) is 10.8. The monoisotopic (exact) mass is 166 g/mol. The van der Waals surface area contributed by atoms with Gasteiger partial charge in [-0.3, -0.25) is 9.79 Å². The van der Waals surface area contributed by atoms with Crippen LogP contribution in [0.1, 0.15) is 20.3 Å². The van der Waals surface area contributed by atoms with Crippen molar-refractivity contribution in [2.75, 3.05) is 7.05 Å². The second kappa shape index (κ2) is 6.50. The van der Waals surface area contributed by atoms with Gasteiger partial charge in [0.25, 0.3) is 0 Å². The molecule has 0 N–H and O–H groups in total. The summed E-state index contributed by atoms with van der Waals surface area (Å²) in [6, 6.07) is -0.245. The fourth-order valence-electron chi connectivity index (χ4n) is 0.659. The third-order valence-corrected chi connectivity index (χ3v) is 1.40. The van der Waals surface area contributed by atoms with Crippen LogP contribution in [0.2, 0.25) is 0 Å². The Labute approximate surface area is 72.9 Å². The van der Waals surface area contributed by atoms with Crippen LogP contribution in [0.3, 0.4) is 0 Å². The first-order chi connectivity index (χ1) is 5.72. The van der Waals surface area contributed by atoms with Crippen LogP contribution in [0.15, 0.2) is 16.1 Å². The predicted octanol–water partition coefficient (Wildman–Crippen LogP) is 1.28. The zero-order chi connectivity index (χ0) is 9.40. The molecule has 1 atom stereocenters. The molecule has 0 saturated carbocycles. The number of ketones is 1. The van der Waals surface area contributed by atoms with Crippen molar-refractivity contribution in [3.63, 3.8) is 0 Å². The molecule has 12 heavy (non-hydrogen) atoms. The molecule has 0 heterocycles. The molecule has 0 aromatic heterocycles. The van der Waals surface area contributed by atoms with E-state index >= 15 is 0 Å². The highest BCUT2D eigenvalue weighted by Crippen LogP contribution is 1.93. The molecular weight excluding hydrogens is 152 g/mol. The standard InChI is InChI=1S/C9H14N2O/c1-4-9(12)8(2)11-7-5-6-10-3/h5,7-8H,4H2,1-3H3. The molecule has 0 spiro atoms. The van der Waals surface area contributed by atoms with Crippen molar-refractivity contribution < 1.29 is 4.79 Å². The number of carbonyl (C=O) groups excluding carboxylic acids is 1. The van der Waals surface area contributed by atoms with Gasteiger partial charge >= 0.3 is 0 Å². The molecular formula is C9H14N2O.